The van der Waals surface area contributed by atoms with E-state index >= 15 is 0 Å². The average Bonchev–Trinajstić information content (AvgIpc) is 2.73. The highest BCUT2D eigenvalue weighted by molar-refractivity contribution is 6.30. The Morgan fingerprint density at radius 3 is 2.47 bits per heavy atom. The van der Waals surface area contributed by atoms with Gasteiger partial charge in [0.25, 0.3) is 5.56 Å². The molecule has 2 aromatic carbocycles. The van der Waals surface area contributed by atoms with Gasteiger partial charge in [0.1, 0.15) is 11.6 Å². The molecule has 156 valence electrons. The Labute approximate surface area is 176 Å². The van der Waals surface area contributed by atoms with Gasteiger partial charge in [0.05, 0.1) is 26.5 Å². The molecule has 0 unspecified atom stereocenters. The largest absolute Gasteiger partial charge is 0.494 e. The molecule has 30 heavy (non-hydrogen) atoms. The SMILES string of the molecule is COc1cc2c(cc1OC)[C@@H](c1c(O)n(-c3ccc(Cl)cc3)c(=O)[nH]c1=O)[NH2+]CC2. The van der Waals surface area contributed by atoms with E-state index < -0.39 is 23.2 Å². The third-order valence-electron chi connectivity index (χ3n) is 5.31. The fraction of sp³-hybridized carbons (Fsp3) is 0.238. The summed E-state index contributed by atoms with van der Waals surface area (Å²) in [4.78, 5) is 27.6. The molecule has 3 aromatic rings. The third-order valence-corrected chi connectivity index (χ3v) is 5.57. The van der Waals surface area contributed by atoms with Gasteiger partial charge in [-0.2, -0.15) is 0 Å². The summed E-state index contributed by atoms with van der Waals surface area (Å²) < 4.78 is 11.9. The van der Waals surface area contributed by atoms with E-state index in [-0.39, 0.29) is 5.56 Å². The maximum absolute atomic E-state index is 12.8. The summed E-state index contributed by atoms with van der Waals surface area (Å²) in [5.41, 5.74) is 0.933. The normalized spacial score (nSPS) is 15.5. The van der Waals surface area contributed by atoms with Crippen molar-refractivity contribution in [2.24, 2.45) is 0 Å². The number of benzene rings is 2. The van der Waals surface area contributed by atoms with E-state index in [1.165, 1.54) is 7.11 Å². The number of aromatic amines is 1. The van der Waals surface area contributed by atoms with Crippen molar-refractivity contribution in [3.63, 3.8) is 0 Å². The molecule has 4 N–H and O–H groups in total. The number of fused-ring (bicyclic) bond motifs is 1. The first kappa shape index (κ1) is 20.1. The molecule has 0 saturated carbocycles. The van der Waals surface area contributed by atoms with E-state index in [1.807, 2.05) is 17.4 Å². The molecule has 8 nitrogen and oxygen atoms in total. The van der Waals surface area contributed by atoms with Gasteiger partial charge in [0.2, 0.25) is 5.88 Å². The molecule has 0 fully saturated rings. The van der Waals surface area contributed by atoms with Crippen LogP contribution in [-0.4, -0.2) is 35.4 Å². The molecule has 1 aromatic heterocycles. The maximum Gasteiger partial charge on any atom is 0.335 e. The highest BCUT2D eigenvalue weighted by atomic mass is 35.5. The summed E-state index contributed by atoms with van der Waals surface area (Å²) in [7, 11) is 3.10. The zero-order chi connectivity index (χ0) is 21.4. The highest BCUT2D eigenvalue weighted by Crippen LogP contribution is 2.36. The first-order chi connectivity index (χ1) is 14.4. The summed E-state index contributed by atoms with van der Waals surface area (Å²) in [5.74, 6) is 0.717. The number of hydrogen-bond acceptors (Lipinski definition) is 5. The Hall–Kier alpha value is -3.23. The Balaban J connectivity index is 1.93. The Bertz CT molecular complexity index is 1220. The van der Waals surface area contributed by atoms with Crippen LogP contribution in [0.2, 0.25) is 5.02 Å². The van der Waals surface area contributed by atoms with E-state index in [2.05, 4.69) is 4.98 Å². The quantitative estimate of drug-likeness (QED) is 0.574. The molecule has 0 amide bonds. The van der Waals surface area contributed by atoms with Gasteiger partial charge in [-0.25, -0.2) is 9.36 Å². The molecular formula is C21H21ClN3O5+. The topological polar surface area (TPSA) is 110 Å². The van der Waals surface area contributed by atoms with E-state index in [0.29, 0.717) is 28.8 Å². The van der Waals surface area contributed by atoms with Crippen molar-refractivity contribution in [1.82, 2.24) is 9.55 Å². The number of nitrogens with zero attached hydrogens (tertiary/aromatic N) is 1. The lowest BCUT2D eigenvalue weighted by atomic mass is 9.90. The van der Waals surface area contributed by atoms with Crippen LogP contribution >= 0.6 is 11.6 Å². The van der Waals surface area contributed by atoms with Gasteiger partial charge in [-0.15, -0.1) is 0 Å². The van der Waals surface area contributed by atoms with Crippen molar-refractivity contribution >= 4 is 11.6 Å². The number of rotatable bonds is 4. The van der Waals surface area contributed by atoms with Gasteiger partial charge >= 0.3 is 5.69 Å². The van der Waals surface area contributed by atoms with Gasteiger partial charge in [0.15, 0.2) is 11.5 Å². The zero-order valence-electron chi connectivity index (χ0n) is 16.4. The Morgan fingerprint density at radius 2 is 1.80 bits per heavy atom. The molecule has 0 aliphatic carbocycles. The third kappa shape index (κ3) is 3.34. The fourth-order valence-corrected chi connectivity index (χ4v) is 4.02. The highest BCUT2D eigenvalue weighted by Gasteiger charge is 2.33. The molecule has 1 aliphatic heterocycles. The number of methoxy groups -OCH3 is 2. The standard InChI is InChI=1S/C21H20ClN3O5/c1-29-15-9-11-7-8-23-18(14(11)10-16(15)30-2)17-19(26)24-21(28)25(20(17)27)13-5-3-12(22)4-6-13/h3-6,9-10,18,23,27H,7-8H2,1-2H3,(H,24,26,28)/p+1/t18-/m0/s1. The van der Waals surface area contributed by atoms with Crippen molar-refractivity contribution in [1.29, 1.82) is 0 Å². The molecule has 0 spiro atoms. The van der Waals surface area contributed by atoms with Crippen LogP contribution in [0, 0.1) is 0 Å². The van der Waals surface area contributed by atoms with Crippen LogP contribution in [-0.2, 0) is 6.42 Å². The number of nitrogens with one attached hydrogen (secondary N) is 1. The molecule has 1 atom stereocenters. The summed E-state index contributed by atoms with van der Waals surface area (Å²) in [5, 5.41) is 13.5. The van der Waals surface area contributed by atoms with E-state index in [0.717, 1.165) is 22.1 Å². The summed E-state index contributed by atoms with van der Waals surface area (Å²) in [6.07, 6.45) is 0.766. The smallest absolute Gasteiger partial charge is 0.335 e. The first-order valence-corrected chi connectivity index (χ1v) is 9.74. The molecule has 0 saturated heterocycles. The van der Waals surface area contributed by atoms with E-state index in [9.17, 15) is 14.7 Å². The monoisotopic (exact) mass is 430 g/mol. The predicted molar refractivity (Wildman–Crippen MR) is 111 cm³/mol. The van der Waals surface area contributed by atoms with E-state index in [4.69, 9.17) is 21.1 Å². The van der Waals surface area contributed by atoms with Crippen LogP contribution in [0.4, 0.5) is 0 Å². The van der Waals surface area contributed by atoms with Crippen LogP contribution in [0.1, 0.15) is 22.7 Å². The maximum atomic E-state index is 12.8. The zero-order valence-corrected chi connectivity index (χ0v) is 17.2. The summed E-state index contributed by atoms with van der Waals surface area (Å²) in [6, 6.07) is 9.58. The van der Waals surface area contributed by atoms with Crippen LogP contribution in [0.5, 0.6) is 17.4 Å². The molecule has 4 rings (SSSR count). The van der Waals surface area contributed by atoms with Crippen molar-refractivity contribution in [2.45, 2.75) is 12.5 Å². The molecule has 1 aliphatic rings. The van der Waals surface area contributed by atoms with Crippen molar-refractivity contribution in [3.05, 3.63) is 78.9 Å². The molecule has 2 heterocycles. The van der Waals surface area contributed by atoms with Gasteiger partial charge in [0, 0.05) is 17.0 Å². The number of aromatic nitrogens is 2. The molecular weight excluding hydrogens is 410 g/mol. The second-order valence-corrected chi connectivity index (χ2v) is 7.40. The van der Waals surface area contributed by atoms with Gasteiger partial charge in [-0.1, -0.05) is 11.6 Å². The summed E-state index contributed by atoms with van der Waals surface area (Å²) >= 11 is 5.93. The number of H-pyrrole nitrogens is 1. The molecule has 9 heteroatoms. The number of ether oxygens (including phenoxy) is 2. The van der Waals surface area contributed by atoms with Gasteiger partial charge in [-0.3, -0.25) is 9.78 Å². The number of nitrogens with two attached hydrogens (primary N) is 1. The lowest BCUT2D eigenvalue weighted by Gasteiger charge is -2.26. The van der Waals surface area contributed by atoms with Crippen molar-refractivity contribution < 1.29 is 19.9 Å². The Morgan fingerprint density at radius 1 is 1.13 bits per heavy atom. The number of halogens is 1. The summed E-state index contributed by atoms with van der Waals surface area (Å²) in [6.45, 7) is 0.700. The number of aromatic hydroxyl groups is 1. The minimum absolute atomic E-state index is 0.0951. The second-order valence-electron chi connectivity index (χ2n) is 6.97. The molecule has 0 radical (unpaired) electrons. The van der Waals surface area contributed by atoms with Crippen molar-refractivity contribution in [2.75, 3.05) is 20.8 Å². The van der Waals surface area contributed by atoms with Crippen LogP contribution in [0.25, 0.3) is 5.69 Å². The van der Waals surface area contributed by atoms with E-state index in [1.54, 1.807) is 31.4 Å². The first-order valence-electron chi connectivity index (χ1n) is 9.36. The predicted octanol–water partition coefficient (Wildman–Crippen LogP) is 1.11. The van der Waals surface area contributed by atoms with Crippen LogP contribution in [0.3, 0.4) is 0 Å². The minimum Gasteiger partial charge on any atom is -0.494 e. The van der Waals surface area contributed by atoms with Crippen molar-refractivity contribution in [3.8, 4) is 23.1 Å². The average molecular weight is 431 g/mol. The van der Waals surface area contributed by atoms with Gasteiger partial charge < -0.3 is 19.9 Å². The lowest BCUT2D eigenvalue weighted by Crippen LogP contribution is -2.87. The minimum atomic E-state index is -0.730. The van der Waals surface area contributed by atoms with Crippen LogP contribution in [0.15, 0.2) is 46.0 Å². The second kappa shape index (κ2) is 7.89. The molecule has 0 bridgehead atoms. The number of quaternary nitrogens is 1. The number of hydrogen-bond donors (Lipinski definition) is 3. The van der Waals surface area contributed by atoms with Gasteiger partial charge in [-0.05, 0) is 42.0 Å². The lowest BCUT2D eigenvalue weighted by molar-refractivity contribution is -0.690. The Kier molecular flexibility index (Phi) is 5.27. The van der Waals surface area contributed by atoms with Crippen LogP contribution < -0.4 is 26.0 Å². The fourth-order valence-electron chi connectivity index (χ4n) is 3.90.